The van der Waals surface area contributed by atoms with Gasteiger partial charge >= 0.3 is 0 Å². The molecule has 0 radical (unpaired) electrons. The van der Waals surface area contributed by atoms with E-state index in [1.807, 2.05) is 24.3 Å². The molecule has 2 heterocycles. The van der Waals surface area contributed by atoms with Crippen molar-refractivity contribution >= 4 is 51.0 Å². The SMILES string of the molecule is Nc1ccc(OCCCCCN2CCc3c(sc(N)c3C(=O)c3ccc(Cl)c(Cl)c3)C2)cc1. The summed E-state index contributed by atoms with van der Waals surface area (Å²) >= 11 is 13.6. The standard InChI is InChI=1S/C25H27Cl2N3O2S/c26-20-9-4-16(14-21(20)27)24(31)23-19-10-12-30(15-22(19)33-25(23)29)11-2-1-3-13-32-18-7-5-17(28)6-8-18/h4-9,14H,1-3,10-13,15,28-29H2. The molecule has 0 atom stereocenters. The quantitative estimate of drug-likeness (QED) is 0.210. The maximum absolute atomic E-state index is 13.1. The Morgan fingerprint density at radius 1 is 1.03 bits per heavy atom. The number of unbranched alkanes of at least 4 members (excludes halogenated alkanes) is 2. The Morgan fingerprint density at radius 3 is 2.58 bits per heavy atom. The van der Waals surface area contributed by atoms with Gasteiger partial charge in [0.15, 0.2) is 5.78 Å². The summed E-state index contributed by atoms with van der Waals surface area (Å²) in [4.78, 5) is 16.8. The molecule has 0 fully saturated rings. The molecule has 0 aliphatic carbocycles. The second-order valence-electron chi connectivity index (χ2n) is 8.21. The molecule has 3 aromatic rings. The monoisotopic (exact) mass is 503 g/mol. The first-order valence-corrected chi connectivity index (χ1v) is 12.6. The smallest absolute Gasteiger partial charge is 0.196 e. The van der Waals surface area contributed by atoms with Crippen LogP contribution in [-0.2, 0) is 13.0 Å². The van der Waals surface area contributed by atoms with Crippen LogP contribution in [0.1, 0.15) is 45.6 Å². The van der Waals surface area contributed by atoms with Crippen molar-refractivity contribution in [3.05, 3.63) is 74.1 Å². The number of nitrogens with zero attached hydrogens (tertiary/aromatic N) is 1. The van der Waals surface area contributed by atoms with Gasteiger partial charge in [0.2, 0.25) is 0 Å². The van der Waals surface area contributed by atoms with Gasteiger partial charge in [-0.2, -0.15) is 0 Å². The van der Waals surface area contributed by atoms with E-state index in [0.29, 0.717) is 32.8 Å². The normalized spacial score (nSPS) is 13.6. The van der Waals surface area contributed by atoms with E-state index >= 15 is 0 Å². The lowest BCUT2D eigenvalue weighted by molar-refractivity contribution is 0.103. The number of nitrogens with two attached hydrogens (primary N) is 2. The third kappa shape index (κ3) is 5.82. The van der Waals surface area contributed by atoms with Crippen LogP contribution in [0.3, 0.4) is 0 Å². The number of rotatable bonds is 9. The van der Waals surface area contributed by atoms with Gasteiger partial charge < -0.3 is 16.2 Å². The first kappa shape index (κ1) is 23.9. The second kappa shape index (κ2) is 10.8. The highest BCUT2D eigenvalue weighted by Gasteiger charge is 2.27. The molecule has 0 spiro atoms. The molecule has 0 amide bonds. The first-order chi connectivity index (χ1) is 15.9. The zero-order chi connectivity index (χ0) is 23.4. The van der Waals surface area contributed by atoms with E-state index in [4.69, 9.17) is 39.4 Å². The van der Waals surface area contributed by atoms with E-state index in [1.54, 1.807) is 18.2 Å². The van der Waals surface area contributed by atoms with Crippen LogP contribution in [0.2, 0.25) is 10.0 Å². The Morgan fingerprint density at radius 2 is 1.82 bits per heavy atom. The molecular weight excluding hydrogens is 477 g/mol. The third-order valence-corrected chi connectivity index (χ3v) is 7.62. The molecule has 8 heteroatoms. The molecule has 2 aromatic carbocycles. The van der Waals surface area contributed by atoms with Crippen molar-refractivity contribution in [3.63, 3.8) is 0 Å². The fourth-order valence-electron chi connectivity index (χ4n) is 4.07. The number of nitrogen functional groups attached to an aromatic ring is 2. The van der Waals surface area contributed by atoms with Gasteiger partial charge in [-0.05, 0) is 80.3 Å². The van der Waals surface area contributed by atoms with Gasteiger partial charge in [0.25, 0.3) is 0 Å². The zero-order valence-electron chi connectivity index (χ0n) is 18.3. The van der Waals surface area contributed by atoms with E-state index in [2.05, 4.69) is 4.90 Å². The molecule has 1 aromatic heterocycles. The predicted octanol–water partition coefficient (Wildman–Crippen LogP) is 6.06. The number of hydrogen-bond acceptors (Lipinski definition) is 6. The van der Waals surface area contributed by atoms with Crippen LogP contribution >= 0.6 is 34.5 Å². The summed E-state index contributed by atoms with van der Waals surface area (Å²) in [6.07, 6.45) is 4.05. The van der Waals surface area contributed by atoms with Crippen molar-refractivity contribution in [1.82, 2.24) is 4.90 Å². The summed E-state index contributed by atoms with van der Waals surface area (Å²) in [6, 6.07) is 12.5. The lowest BCUT2D eigenvalue weighted by atomic mass is 9.96. The van der Waals surface area contributed by atoms with E-state index in [9.17, 15) is 4.79 Å². The summed E-state index contributed by atoms with van der Waals surface area (Å²) in [5.41, 5.74) is 14.9. The Bertz CT molecular complexity index is 1130. The lowest BCUT2D eigenvalue weighted by Gasteiger charge is -2.27. The first-order valence-electron chi connectivity index (χ1n) is 11.0. The maximum Gasteiger partial charge on any atom is 0.196 e. The van der Waals surface area contributed by atoms with Gasteiger partial charge in [-0.3, -0.25) is 9.69 Å². The molecule has 5 nitrogen and oxygen atoms in total. The highest BCUT2D eigenvalue weighted by atomic mass is 35.5. The number of thiophene rings is 1. The molecule has 0 bridgehead atoms. The number of anilines is 2. The average molecular weight is 504 g/mol. The third-order valence-electron chi connectivity index (χ3n) is 5.84. The minimum atomic E-state index is -0.0851. The minimum Gasteiger partial charge on any atom is -0.494 e. The number of halogens is 2. The van der Waals surface area contributed by atoms with Gasteiger partial charge in [-0.1, -0.05) is 23.2 Å². The van der Waals surface area contributed by atoms with Crippen molar-refractivity contribution in [3.8, 4) is 5.75 Å². The number of fused-ring (bicyclic) bond motifs is 1. The van der Waals surface area contributed by atoms with Crippen molar-refractivity contribution in [2.75, 3.05) is 31.2 Å². The fourth-order valence-corrected chi connectivity index (χ4v) is 5.52. The zero-order valence-corrected chi connectivity index (χ0v) is 20.6. The van der Waals surface area contributed by atoms with Crippen molar-refractivity contribution in [2.45, 2.75) is 32.2 Å². The highest BCUT2D eigenvalue weighted by Crippen LogP contribution is 2.37. The Hall–Kier alpha value is -2.25. The lowest BCUT2D eigenvalue weighted by Crippen LogP contribution is -2.31. The van der Waals surface area contributed by atoms with Gasteiger partial charge in [-0.15, -0.1) is 11.3 Å². The maximum atomic E-state index is 13.1. The van der Waals surface area contributed by atoms with E-state index in [0.717, 1.165) is 62.3 Å². The summed E-state index contributed by atoms with van der Waals surface area (Å²) in [5, 5.41) is 1.38. The largest absolute Gasteiger partial charge is 0.494 e. The molecule has 1 aliphatic rings. The molecule has 174 valence electrons. The topological polar surface area (TPSA) is 81.6 Å². The minimum absolute atomic E-state index is 0.0851. The number of benzene rings is 2. The summed E-state index contributed by atoms with van der Waals surface area (Å²) < 4.78 is 5.76. The van der Waals surface area contributed by atoms with Crippen molar-refractivity contribution in [1.29, 1.82) is 0 Å². The van der Waals surface area contributed by atoms with Crippen LogP contribution in [0, 0.1) is 0 Å². The second-order valence-corrected chi connectivity index (χ2v) is 10.2. The molecule has 0 saturated heterocycles. The van der Waals surface area contributed by atoms with Crippen molar-refractivity contribution < 1.29 is 9.53 Å². The molecule has 1 aliphatic heterocycles. The summed E-state index contributed by atoms with van der Waals surface area (Å²) in [7, 11) is 0. The fraction of sp³-hybridized carbons (Fsp3) is 0.320. The molecular formula is C25H27Cl2N3O2S. The number of carbonyl (C=O) groups is 1. The van der Waals surface area contributed by atoms with Crippen LogP contribution in [-0.4, -0.2) is 30.4 Å². The molecule has 4 rings (SSSR count). The summed E-state index contributed by atoms with van der Waals surface area (Å²) in [6.45, 7) is 3.48. The van der Waals surface area contributed by atoms with E-state index < -0.39 is 0 Å². The van der Waals surface area contributed by atoms with Crippen molar-refractivity contribution in [2.24, 2.45) is 0 Å². The molecule has 4 N–H and O–H groups in total. The molecule has 0 unspecified atom stereocenters. The molecule has 0 saturated carbocycles. The van der Waals surface area contributed by atoms with Crippen LogP contribution in [0.15, 0.2) is 42.5 Å². The van der Waals surface area contributed by atoms with E-state index in [-0.39, 0.29) is 5.78 Å². The highest BCUT2D eigenvalue weighted by molar-refractivity contribution is 7.16. The Kier molecular flexibility index (Phi) is 7.81. The van der Waals surface area contributed by atoms with Gasteiger partial charge in [0.05, 0.1) is 27.2 Å². The van der Waals surface area contributed by atoms with Crippen LogP contribution < -0.4 is 16.2 Å². The number of hydrogen-bond donors (Lipinski definition) is 2. The average Bonchev–Trinajstić information content (AvgIpc) is 3.13. The van der Waals surface area contributed by atoms with Crippen LogP contribution in [0.5, 0.6) is 5.75 Å². The van der Waals surface area contributed by atoms with Gasteiger partial charge in [0.1, 0.15) is 5.75 Å². The number of ether oxygens (including phenoxy) is 1. The number of ketones is 1. The Balaban J connectivity index is 1.27. The van der Waals surface area contributed by atoms with Crippen LogP contribution in [0.4, 0.5) is 10.7 Å². The van der Waals surface area contributed by atoms with Gasteiger partial charge in [0, 0.05) is 29.2 Å². The Labute approximate surface area is 208 Å². The van der Waals surface area contributed by atoms with Gasteiger partial charge in [-0.25, -0.2) is 0 Å². The predicted molar refractivity (Wildman–Crippen MR) is 138 cm³/mol. The molecule has 33 heavy (non-hydrogen) atoms. The van der Waals surface area contributed by atoms with Crippen LogP contribution in [0.25, 0.3) is 0 Å². The van der Waals surface area contributed by atoms with E-state index in [1.165, 1.54) is 16.2 Å². The summed E-state index contributed by atoms with van der Waals surface area (Å²) in [5.74, 6) is 0.771. The number of carbonyl (C=O) groups excluding carboxylic acids is 1.